The van der Waals surface area contributed by atoms with Crippen LogP contribution in [-0.4, -0.2) is 63.1 Å². The predicted molar refractivity (Wildman–Crippen MR) is 121 cm³/mol. The van der Waals surface area contributed by atoms with Gasteiger partial charge in [0.25, 0.3) is 5.91 Å². The monoisotopic (exact) mass is 422 g/mol. The van der Waals surface area contributed by atoms with Gasteiger partial charge in [0, 0.05) is 38.0 Å². The van der Waals surface area contributed by atoms with Crippen LogP contribution in [0.4, 0.5) is 0 Å². The van der Waals surface area contributed by atoms with E-state index in [1.54, 1.807) is 12.1 Å². The molecule has 5 nitrogen and oxygen atoms in total. The van der Waals surface area contributed by atoms with E-state index in [1.165, 1.54) is 6.26 Å². The molecule has 30 heavy (non-hydrogen) atoms. The maximum absolute atomic E-state index is 12.9. The lowest BCUT2D eigenvalue weighted by Crippen LogP contribution is -2.48. The van der Waals surface area contributed by atoms with Gasteiger partial charge >= 0.3 is 0 Å². The van der Waals surface area contributed by atoms with E-state index in [1.807, 2.05) is 47.4 Å². The normalized spacial score (nSPS) is 15.5. The number of amides is 1. The SMILES string of the molecule is CCN1CCN(C(=O)c2ccc3cc(-c4ccc(S(C)(=O)=O)cc4)ccc3c2)CC1. The summed E-state index contributed by atoms with van der Waals surface area (Å²) < 4.78 is 23.3. The predicted octanol–water partition coefficient (Wildman–Crippen LogP) is 3.69. The van der Waals surface area contributed by atoms with Crippen LogP contribution in [-0.2, 0) is 9.84 Å². The van der Waals surface area contributed by atoms with Crippen molar-refractivity contribution >= 4 is 26.5 Å². The Hall–Kier alpha value is -2.70. The highest BCUT2D eigenvalue weighted by Gasteiger charge is 2.21. The Bertz CT molecular complexity index is 1180. The number of sulfone groups is 1. The Morgan fingerprint density at radius 1 is 0.833 bits per heavy atom. The summed E-state index contributed by atoms with van der Waals surface area (Å²) in [7, 11) is -3.20. The van der Waals surface area contributed by atoms with E-state index in [0.717, 1.165) is 60.2 Å². The van der Waals surface area contributed by atoms with Gasteiger partial charge in [0.05, 0.1) is 4.90 Å². The number of benzene rings is 3. The first-order chi connectivity index (χ1) is 14.3. The van der Waals surface area contributed by atoms with Crippen LogP contribution in [0.3, 0.4) is 0 Å². The van der Waals surface area contributed by atoms with Gasteiger partial charge in [0.15, 0.2) is 9.84 Å². The van der Waals surface area contributed by atoms with Crippen LogP contribution in [0.2, 0.25) is 0 Å². The number of rotatable bonds is 4. The standard InChI is InChI=1S/C24H26N2O3S/c1-3-25-12-14-26(15-13-25)24(27)22-7-6-20-16-19(4-5-21(20)17-22)18-8-10-23(11-9-18)30(2,28)29/h4-11,16-17H,3,12-15H2,1-2H3. The van der Waals surface area contributed by atoms with Crippen LogP contribution in [0.25, 0.3) is 21.9 Å². The van der Waals surface area contributed by atoms with Gasteiger partial charge < -0.3 is 9.80 Å². The highest BCUT2D eigenvalue weighted by Crippen LogP contribution is 2.26. The zero-order valence-corrected chi connectivity index (χ0v) is 18.2. The lowest BCUT2D eigenvalue weighted by atomic mass is 9.99. The molecule has 0 bridgehead atoms. The van der Waals surface area contributed by atoms with Gasteiger partial charge in [-0.1, -0.05) is 37.3 Å². The van der Waals surface area contributed by atoms with Crippen LogP contribution >= 0.6 is 0 Å². The first kappa shape index (κ1) is 20.6. The average Bonchev–Trinajstić information content (AvgIpc) is 2.77. The topological polar surface area (TPSA) is 57.7 Å². The Kier molecular flexibility index (Phi) is 5.62. The van der Waals surface area contributed by atoms with E-state index in [2.05, 4.69) is 17.9 Å². The number of nitrogens with zero attached hydrogens (tertiary/aromatic N) is 2. The molecule has 1 fully saturated rings. The molecule has 1 amide bonds. The van der Waals surface area contributed by atoms with Crippen LogP contribution in [0, 0.1) is 0 Å². The first-order valence-corrected chi connectivity index (χ1v) is 12.1. The molecule has 0 radical (unpaired) electrons. The highest BCUT2D eigenvalue weighted by atomic mass is 32.2. The van der Waals surface area contributed by atoms with Gasteiger partial charge in [-0.05, 0) is 58.8 Å². The molecule has 3 aromatic carbocycles. The van der Waals surface area contributed by atoms with Gasteiger partial charge in [-0.3, -0.25) is 4.79 Å². The minimum absolute atomic E-state index is 0.0908. The van der Waals surface area contributed by atoms with Crippen molar-refractivity contribution in [3.63, 3.8) is 0 Å². The van der Waals surface area contributed by atoms with Gasteiger partial charge in [-0.15, -0.1) is 0 Å². The molecule has 0 atom stereocenters. The molecule has 156 valence electrons. The van der Waals surface area contributed by atoms with Crippen molar-refractivity contribution < 1.29 is 13.2 Å². The Balaban J connectivity index is 1.56. The number of fused-ring (bicyclic) bond motifs is 1. The minimum atomic E-state index is -3.20. The Morgan fingerprint density at radius 2 is 1.43 bits per heavy atom. The average molecular weight is 423 g/mol. The fraction of sp³-hybridized carbons (Fsp3) is 0.292. The second kappa shape index (κ2) is 8.20. The van der Waals surface area contributed by atoms with Crippen molar-refractivity contribution in [1.82, 2.24) is 9.80 Å². The number of carbonyl (C=O) groups excluding carboxylic acids is 1. The molecule has 0 spiro atoms. The molecule has 1 aliphatic rings. The third-order valence-corrected chi connectivity index (χ3v) is 6.94. The molecule has 0 aliphatic carbocycles. The number of likely N-dealkylation sites (N-methyl/N-ethyl adjacent to an activating group) is 1. The van der Waals surface area contributed by atoms with Crippen molar-refractivity contribution in [2.45, 2.75) is 11.8 Å². The van der Waals surface area contributed by atoms with E-state index in [4.69, 9.17) is 0 Å². The Morgan fingerprint density at radius 3 is 2.07 bits per heavy atom. The van der Waals surface area contributed by atoms with Crippen LogP contribution in [0.1, 0.15) is 17.3 Å². The molecule has 0 saturated carbocycles. The van der Waals surface area contributed by atoms with Crippen LogP contribution in [0.15, 0.2) is 65.6 Å². The summed E-state index contributed by atoms with van der Waals surface area (Å²) in [4.78, 5) is 17.5. The van der Waals surface area contributed by atoms with Crippen molar-refractivity contribution in [1.29, 1.82) is 0 Å². The summed E-state index contributed by atoms with van der Waals surface area (Å²) in [6, 6.07) is 18.8. The molecular weight excluding hydrogens is 396 g/mol. The quantitative estimate of drug-likeness (QED) is 0.644. The van der Waals surface area contributed by atoms with E-state index in [9.17, 15) is 13.2 Å². The summed E-state index contributed by atoms with van der Waals surface area (Å²) in [5.41, 5.74) is 2.69. The van der Waals surface area contributed by atoms with E-state index in [-0.39, 0.29) is 5.91 Å². The zero-order chi connectivity index (χ0) is 21.3. The van der Waals surface area contributed by atoms with E-state index in [0.29, 0.717) is 4.90 Å². The van der Waals surface area contributed by atoms with Gasteiger partial charge in [-0.25, -0.2) is 8.42 Å². The molecule has 1 heterocycles. The largest absolute Gasteiger partial charge is 0.336 e. The minimum Gasteiger partial charge on any atom is -0.336 e. The molecular formula is C24H26N2O3S. The Labute approximate surface area is 177 Å². The van der Waals surface area contributed by atoms with Crippen molar-refractivity contribution in [2.24, 2.45) is 0 Å². The van der Waals surface area contributed by atoms with E-state index >= 15 is 0 Å². The lowest BCUT2D eigenvalue weighted by molar-refractivity contribution is 0.0643. The summed E-state index contributed by atoms with van der Waals surface area (Å²) in [5.74, 6) is 0.0908. The first-order valence-electron chi connectivity index (χ1n) is 10.2. The molecule has 1 saturated heterocycles. The van der Waals surface area contributed by atoms with Gasteiger partial charge in [0.1, 0.15) is 0 Å². The second-order valence-electron chi connectivity index (χ2n) is 7.80. The molecule has 0 aromatic heterocycles. The van der Waals surface area contributed by atoms with Crippen LogP contribution in [0.5, 0.6) is 0 Å². The fourth-order valence-corrected chi connectivity index (χ4v) is 4.53. The molecule has 0 N–H and O–H groups in total. The van der Waals surface area contributed by atoms with Crippen molar-refractivity contribution in [3.05, 3.63) is 66.2 Å². The lowest BCUT2D eigenvalue weighted by Gasteiger charge is -2.34. The fourth-order valence-electron chi connectivity index (χ4n) is 3.90. The summed E-state index contributed by atoms with van der Waals surface area (Å²) in [5, 5.41) is 2.07. The van der Waals surface area contributed by atoms with Gasteiger partial charge in [0.2, 0.25) is 0 Å². The number of carbonyl (C=O) groups is 1. The van der Waals surface area contributed by atoms with Gasteiger partial charge in [-0.2, -0.15) is 0 Å². The summed E-state index contributed by atoms with van der Waals surface area (Å²) >= 11 is 0. The van der Waals surface area contributed by atoms with Crippen molar-refractivity contribution in [3.8, 4) is 11.1 Å². The second-order valence-corrected chi connectivity index (χ2v) is 9.82. The number of piperazine rings is 1. The molecule has 6 heteroatoms. The molecule has 3 aromatic rings. The highest BCUT2D eigenvalue weighted by molar-refractivity contribution is 7.90. The number of hydrogen-bond donors (Lipinski definition) is 0. The summed E-state index contributed by atoms with van der Waals surface area (Å²) in [6.07, 6.45) is 1.21. The maximum atomic E-state index is 12.9. The van der Waals surface area contributed by atoms with Crippen molar-refractivity contribution in [2.75, 3.05) is 39.0 Å². The third-order valence-electron chi connectivity index (χ3n) is 5.81. The van der Waals surface area contributed by atoms with E-state index < -0.39 is 9.84 Å². The smallest absolute Gasteiger partial charge is 0.253 e. The zero-order valence-electron chi connectivity index (χ0n) is 17.3. The number of hydrogen-bond acceptors (Lipinski definition) is 4. The van der Waals surface area contributed by atoms with Crippen LogP contribution < -0.4 is 0 Å². The third kappa shape index (κ3) is 4.25. The molecule has 1 aliphatic heterocycles. The molecule has 4 rings (SSSR count). The summed E-state index contributed by atoms with van der Waals surface area (Å²) in [6.45, 7) is 6.57. The molecule has 0 unspecified atom stereocenters. The maximum Gasteiger partial charge on any atom is 0.253 e.